The van der Waals surface area contributed by atoms with Crippen molar-refractivity contribution in [3.8, 4) is 11.5 Å². The van der Waals surface area contributed by atoms with Crippen LogP contribution in [0, 0.1) is 0 Å². The first-order valence-corrected chi connectivity index (χ1v) is 12.4. The second-order valence-electron chi connectivity index (χ2n) is 8.31. The van der Waals surface area contributed by atoms with Crippen molar-refractivity contribution < 1.29 is 19.1 Å². The Kier molecular flexibility index (Phi) is 10.6. The average molecular weight is 490 g/mol. The third kappa shape index (κ3) is 8.65. The van der Waals surface area contributed by atoms with Gasteiger partial charge in [-0.2, -0.15) is 0 Å². The molecule has 2 amide bonds. The number of hydrogen-bond acceptors (Lipinski definition) is 5. The second kappa shape index (κ2) is 14.4. The highest BCUT2D eigenvalue weighted by molar-refractivity contribution is 5.96. The minimum atomic E-state index is -0.175. The van der Waals surface area contributed by atoms with E-state index in [4.69, 9.17) is 9.47 Å². The highest BCUT2D eigenvalue weighted by Gasteiger charge is 2.14. The van der Waals surface area contributed by atoms with Crippen LogP contribution in [-0.2, 0) is 4.79 Å². The van der Waals surface area contributed by atoms with Crippen LogP contribution in [0.5, 0.6) is 11.5 Å². The van der Waals surface area contributed by atoms with Crippen LogP contribution in [-0.4, -0.2) is 49.6 Å². The molecule has 0 radical (unpaired) electrons. The number of amides is 2. The molecule has 2 N–H and O–H groups in total. The van der Waals surface area contributed by atoms with E-state index in [-0.39, 0.29) is 18.4 Å². The van der Waals surface area contributed by atoms with Gasteiger partial charge in [-0.05, 0) is 73.5 Å². The number of hydrogen-bond donors (Lipinski definition) is 2. The molecule has 36 heavy (non-hydrogen) atoms. The van der Waals surface area contributed by atoms with Crippen LogP contribution in [0.15, 0.2) is 78.9 Å². The summed E-state index contributed by atoms with van der Waals surface area (Å²) in [5.74, 6) is 1.39. The Bertz CT molecular complexity index is 1060. The average Bonchev–Trinajstić information content (AvgIpc) is 2.91. The minimum Gasteiger partial charge on any atom is -0.490 e. The van der Waals surface area contributed by atoms with Crippen LogP contribution in [0.3, 0.4) is 0 Å². The van der Waals surface area contributed by atoms with E-state index in [0.29, 0.717) is 24.5 Å². The zero-order valence-corrected chi connectivity index (χ0v) is 21.0. The van der Waals surface area contributed by atoms with E-state index in [2.05, 4.69) is 24.5 Å². The standard InChI is InChI=1S/C29H35N3O4/c1-3-18-32(19-4-2)29(34)23-10-12-25(13-11-23)31-28(33)22-30-24-14-16-27(17-15-24)36-21-20-35-26-8-6-5-7-9-26/h5-17,30H,3-4,18-22H2,1-2H3,(H,31,33). The van der Waals surface area contributed by atoms with E-state index in [1.54, 1.807) is 24.3 Å². The molecule has 0 atom stereocenters. The topological polar surface area (TPSA) is 79.9 Å². The predicted molar refractivity (Wildman–Crippen MR) is 144 cm³/mol. The molecule has 190 valence electrons. The number of para-hydroxylation sites is 1. The monoisotopic (exact) mass is 489 g/mol. The normalized spacial score (nSPS) is 10.4. The van der Waals surface area contributed by atoms with E-state index < -0.39 is 0 Å². The molecular formula is C29H35N3O4. The quantitative estimate of drug-likeness (QED) is 0.294. The van der Waals surface area contributed by atoms with E-state index in [1.807, 2.05) is 59.5 Å². The fraction of sp³-hybridized carbons (Fsp3) is 0.310. The summed E-state index contributed by atoms with van der Waals surface area (Å²) in [6.07, 6.45) is 1.85. The molecule has 0 aliphatic carbocycles. The zero-order chi connectivity index (χ0) is 25.6. The first kappa shape index (κ1) is 26.6. The Balaban J connectivity index is 1.39. The molecule has 3 aromatic carbocycles. The molecule has 0 fully saturated rings. The summed E-state index contributed by atoms with van der Waals surface area (Å²) < 4.78 is 11.3. The molecule has 0 unspecified atom stereocenters. The molecule has 3 rings (SSSR count). The van der Waals surface area contributed by atoms with Crippen molar-refractivity contribution >= 4 is 23.2 Å². The van der Waals surface area contributed by atoms with Gasteiger partial charge in [-0.25, -0.2) is 0 Å². The maximum absolute atomic E-state index is 12.7. The van der Waals surface area contributed by atoms with Crippen LogP contribution >= 0.6 is 0 Å². The van der Waals surface area contributed by atoms with E-state index in [9.17, 15) is 9.59 Å². The van der Waals surface area contributed by atoms with Gasteiger partial charge in [0.15, 0.2) is 0 Å². The van der Waals surface area contributed by atoms with Gasteiger partial charge in [-0.1, -0.05) is 32.0 Å². The van der Waals surface area contributed by atoms with Gasteiger partial charge in [-0.15, -0.1) is 0 Å². The maximum Gasteiger partial charge on any atom is 0.253 e. The van der Waals surface area contributed by atoms with Crippen molar-refractivity contribution in [1.29, 1.82) is 0 Å². The highest BCUT2D eigenvalue weighted by Crippen LogP contribution is 2.16. The molecule has 3 aromatic rings. The molecule has 0 saturated heterocycles. The number of rotatable bonds is 14. The lowest BCUT2D eigenvalue weighted by Crippen LogP contribution is -2.32. The first-order valence-electron chi connectivity index (χ1n) is 12.4. The van der Waals surface area contributed by atoms with Gasteiger partial charge in [0.1, 0.15) is 24.7 Å². The largest absolute Gasteiger partial charge is 0.490 e. The SMILES string of the molecule is CCCN(CCC)C(=O)c1ccc(NC(=O)CNc2ccc(OCCOc3ccccc3)cc2)cc1. The van der Waals surface area contributed by atoms with E-state index in [0.717, 1.165) is 43.1 Å². The third-order valence-electron chi connectivity index (χ3n) is 5.36. The molecule has 0 saturated carbocycles. The number of carbonyl (C=O) groups is 2. The molecule has 0 heterocycles. The van der Waals surface area contributed by atoms with Gasteiger partial charge >= 0.3 is 0 Å². The summed E-state index contributed by atoms with van der Waals surface area (Å²) in [5.41, 5.74) is 2.09. The Morgan fingerprint density at radius 1 is 0.722 bits per heavy atom. The fourth-order valence-corrected chi connectivity index (χ4v) is 3.63. The molecule has 0 aliphatic rings. The van der Waals surface area contributed by atoms with Crippen molar-refractivity contribution in [1.82, 2.24) is 4.90 Å². The van der Waals surface area contributed by atoms with Crippen LogP contribution < -0.4 is 20.1 Å². The van der Waals surface area contributed by atoms with Gasteiger partial charge in [0.05, 0.1) is 6.54 Å². The van der Waals surface area contributed by atoms with E-state index >= 15 is 0 Å². The summed E-state index contributed by atoms with van der Waals surface area (Å²) in [6, 6.07) is 24.1. The summed E-state index contributed by atoms with van der Waals surface area (Å²) in [7, 11) is 0. The van der Waals surface area contributed by atoms with Gasteiger partial charge in [-0.3, -0.25) is 9.59 Å². The summed E-state index contributed by atoms with van der Waals surface area (Å²) in [4.78, 5) is 26.9. The predicted octanol–water partition coefficient (Wildman–Crippen LogP) is 5.46. The van der Waals surface area contributed by atoms with Crippen molar-refractivity contribution in [2.45, 2.75) is 26.7 Å². The Labute approximate surface area is 213 Å². The van der Waals surface area contributed by atoms with Crippen molar-refractivity contribution in [2.75, 3.05) is 43.5 Å². The molecule has 7 nitrogen and oxygen atoms in total. The van der Waals surface area contributed by atoms with Gasteiger partial charge in [0.2, 0.25) is 5.91 Å². The molecule has 0 spiro atoms. The maximum atomic E-state index is 12.7. The summed E-state index contributed by atoms with van der Waals surface area (Å²) in [6.45, 7) is 6.62. The van der Waals surface area contributed by atoms with Crippen molar-refractivity contribution in [3.63, 3.8) is 0 Å². The Morgan fingerprint density at radius 2 is 1.28 bits per heavy atom. The number of ether oxygens (including phenoxy) is 2. The zero-order valence-electron chi connectivity index (χ0n) is 21.0. The lowest BCUT2D eigenvalue weighted by molar-refractivity contribution is -0.114. The third-order valence-corrected chi connectivity index (χ3v) is 5.36. The summed E-state index contributed by atoms with van der Waals surface area (Å²) in [5, 5.41) is 5.95. The highest BCUT2D eigenvalue weighted by atomic mass is 16.5. The summed E-state index contributed by atoms with van der Waals surface area (Å²) >= 11 is 0. The molecule has 0 bridgehead atoms. The van der Waals surface area contributed by atoms with Crippen LogP contribution in [0.2, 0.25) is 0 Å². The van der Waals surface area contributed by atoms with Crippen molar-refractivity contribution in [2.24, 2.45) is 0 Å². The van der Waals surface area contributed by atoms with Crippen LogP contribution in [0.1, 0.15) is 37.0 Å². The number of anilines is 2. The lowest BCUT2D eigenvalue weighted by Gasteiger charge is -2.21. The Hall–Kier alpha value is -4.00. The molecule has 0 aliphatic heterocycles. The van der Waals surface area contributed by atoms with Crippen LogP contribution in [0.25, 0.3) is 0 Å². The minimum absolute atomic E-state index is 0.0226. The van der Waals surface area contributed by atoms with Crippen molar-refractivity contribution in [3.05, 3.63) is 84.4 Å². The first-order chi connectivity index (χ1) is 17.6. The Morgan fingerprint density at radius 3 is 1.86 bits per heavy atom. The number of carbonyl (C=O) groups excluding carboxylic acids is 2. The fourth-order valence-electron chi connectivity index (χ4n) is 3.63. The smallest absolute Gasteiger partial charge is 0.253 e. The number of nitrogens with zero attached hydrogens (tertiary/aromatic N) is 1. The van der Waals surface area contributed by atoms with Crippen LogP contribution in [0.4, 0.5) is 11.4 Å². The molecule has 7 heteroatoms. The number of benzene rings is 3. The van der Waals surface area contributed by atoms with E-state index in [1.165, 1.54) is 0 Å². The van der Waals surface area contributed by atoms with Gasteiger partial charge < -0.3 is 25.0 Å². The molecule has 0 aromatic heterocycles. The van der Waals surface area contributed by atoms with Gasteiger partial charge in [0, 0.05) is 30.0 Å². The van der Waals surface area contributed by atoms with Gasteiger partial charge in [0.25, 0.3) is 5.91 Å². The molecular weight excluding hydrogens is 454 g/mol. The second-order valence-corrected chi connectivity index (χ2v) is 8.31. The lowest BCUT2D eigenvalue weighted by atomic mass is 10.1. The number of nitrogens with one attached hydrogen (secondary N) is 2.